The monoisotopic (exact) mass is 388 g/mol. The van der Waals surface area contributed by atoms with Crippen molar-refractivity contribution in [2.24, 2.45) is 0 Å². The van der Waals surface area contributed by atoms with Crippen LogP contribution in [-0.2, 0) is 11.2 Å². The van der Waals surface area contributed by atoms with Crippen LogP contribution in [0.2, 0.25) is 0 Å². The molecule has 25 heavy (non-hydrogen) atoms. The zero-order chi connectivity index (χ0) is 17.1. The molecule has 0 spiro atoms. The zero-order valence-corrected chi connectivity index (χ0v) is 15.3. The Hall–Kier alpha value is -2.36. The number of rotatable bonds is 6. The number of aryl methyl sites for hydroxylation is 1. The first-order valence-electron chi connectivity index (χ1n) is 7.42. The Morgan fingerprint density at radius 1 is 1.16 bits per heavy atom. The van der Waals surface area contributed by atoms with Crippen molar-refractivity contribution >= 4 is 45.0 Å². The number of thiazole rings is 1. The highest BCUT2D eigenvalue weighted by molar-refractivity contribution is 7.16. The minimum absolute atomic E-state index is 0.123. The fraction of sp³-hybridized carbons (Fsp3) is 0.125. The van der Waals surface area contributed by atoms with E-state index in [9.17, 15) is 4.79 Å². The molecule has 0 saturated heterocycles. The van der Waals surface area contributed by atoms with Crippen molar-refractivity contribution in [2.45, 2.75) is 12.8 Å². The minimum atomic E-state index is -0.123. The standard InChI is InChI=1S/C16H12N4O2S3/c21-13(18-16-17-11(9-25-16)12-2-1-6-24-12)3-4-14-19-20-15(22-14)10-5-7-23-8-10/h1-2,5-9H,3-4H2,(H,17,18,21). The first kappa shape index (κ1) is 16.1. The maximum atomic E-state index is 12.1. The average Bonchev–Trinajstić information content (AvgIpc) is 3.40. The molecule has 0 aliphatic rings. The van der Waals surface area contributed by atoms with Crippen molar-refractivity contribution < 1.29 is 9.21 Å². The van der Waals surface area contributed by atoms with Gasteiger partial charge in [-0.05, 0) is 22.9 Å². The lowest BCUT2D eigenvalue weighted by atomic mass is 10.3. The van der Waals surface area contributed by atoms with E-state index < -0.39 is 0 Å². The number of carbonyl (C=O) groups is 1. The summed E-state index contributed by atoms with van der Waals surface area (Å²) in [6, 6.07) is 5.90. The second kappa shape index (κ2) is 7.26. The Balaban J connectivity index is 1.32. The van der Waals surface area contributed by atoms with E-state index in [1.807, 2.05) is 39.7 Å². The molecule has 6 nitrogen and oxygen atoms in total. The molecule has 4 aromatic rings. The van der Waals surface area contributed by atoms with Gasteiger partial charge in [-0.2, -0.15) is 11.3 Å². The molecule has 0 saturated carbocycles. The van der Waals surface area contributed by atoms with Crippen molar-refractivity contribution in [2.75, 3.05) is 5.32 Å². The van der Waals surface area contributed by atoms with Gasteiger partial charge in [0, 0.05) is 29.2 Å². The highest BCUT2D eigenvalue weighted by atomic mass is 32.1. The van der Waals surface area contributed by atoms with Crippen LogP contribution >= 0.6 is 34.0 Å². The van der Waals surface area contributed by atoms with Crippen LogP contribution in [0.15, 0.2) is 44.1 Å². The van der Waals surface area contributed by atoms with Gasteiger partial charge >= 0.3 is 0 Å². The lowest BCUT2D eigenvalue weighted by molar-refractivity contribution is -0.116. The quantitative estimate of drug-likeness (QED) is 0.524. The Labute approximate surface area is 155 Å². The summed E-state index contributed by atoms with van der Waals surface area (Å²) in [6.45, 7) is 0. The molecule has 9 heteroatoms. The Kier molecular flexibility index (Phi) is 4.68. The van der Waals surface area contributed by atoms with Crippen molar-refractivity contribution in [1.82, 2.24) is 15.2 Å². The maximum absolute atomic E-state index is 12.1. The number of aromatic nitrogens is 3. The predicted octanol–water partition coefficient (Wildman–Crippen LogP) is 4.55. The third-order valence-electron chi connectivity index (χ3n) is 3.33. The van der Waals surface area contributed by atoms with Gasteiger partial charge in [0.05, 0.1) is 10.6 Å². The molecule has 126 valence electrons. The van der Waals surface area contributed by atoms with Gasteiger partial charge in [0.25, 0.3) is 0 Å². The Morgan fingerprint density at radius 3 is 2.92 bits per heavy atom. The van der Waals surface area contributed by atoms with Gasteiger partial charge in [-0.3, -0.25) is 4.79 Å². The van der Waals surface area contributed by atoms with Crippen LogP contribution in [0.25, 0.3) is 22.0 Å². The number of nitrogens with zero attached hydrogens (tertiary/aromatic N) is 3. The summed E-state index contributed by atoms with van der Waals surface area (Å²) in [5, 5.41) is 19.2. The molecule has 0 radical (unpaired) electrons. The molecule has 1 N–H and O–H groups in total. The van der Waals surface area contributed by atoms with E-state index in [1.165, 1.54) is 11.3 Å². The van der Waals surface area contributed by atoms with Gasteiger partial charge in [-0.25, -0.2) is 4.98 Å². The lowest BCUT2D eigenvalue weighted by Gasteiger charge is -1.99. The topological polar surface area (TPSA) is 80.9 Å². The third kappa shape index (κ3) is 3.84. The number of amides is 1. The number of thiophene rings is 2. The highest BCUT2D eigenvalue weighted by Gasteiger charge is 2.12. The van der Waals surface area contributed by atoms with Crippen LogP contribution in [0.1, 0.15) is 12.3 Å². The van der Waals surface area contributed by atoms with Crippen LogP contribution in [0, 0.1) is 0 Å². The molecule has 0 bridgehead atoms. The first-order valence-corrected chi connectivity index (χ1v) is 10.1. The molecule has 0 aliphatic carbocycles. The Bertz CT molecular complexity index is 958. The summed E-state index contributed by atoms with van der Waals surface area (Å²) in [5.41, 5.74) is 1.78. The minimum Gasteiger partial charge on any atom is -0.421 e. The molecular weight excluding hydrogens is 376 g/mol. The van der Waals surface area contributed by atoms with Crippen LogP contribution in [0.4, 0.5) is 5.13 Å². The molecule has 0 unspecified atom stereocenters. The van der Waals surface area contributed by atoms with E-state index in [4.69, 9.17) is 4.42 Å². The summed E-state index contributed by atoms with van der Waals surface area (Å²) in [5.74, 6) is 0.814. The van der Waals surface area contributed by atoms with Gasteiger partial charge < -0.3 is 9.73 Å². The number of hydrogen-bond acceptors (Lipinski definition) is 8. The summed E-state index contributed by atoms with van der Waals surface area (Å²) >= 11 is 4.60. The third-order valence-corrected chi connectivity index (χ3v) is 5.66. The Morgan fingerprint density at radius 2 is 2.12 bits per heavy atom. The summed E-state index contributed by atoms with van der Waals surface area (Å²) in [4.78, 5) is 17.6. The van der Waals surface area contributed by atoms with Gasteiger partial charge in [0.2, 0.25) is 17.7 Å². The fourth-order valence-corrected chi connectivity index (χ4v) is 4.25. The summed E-state index contributed by atoms with van der Waals surface area (Å²) < 4.78 is 5.57. The zero-order valence-electron chi connectivity index (χ0n) is 12.8. The average molecular weight is 388 g/mol. The largest absolute Gasteiger partial charge is 0.421 e. The van der Waals surface area contributed by atoms with E-state index in [1.54, 1.807) is 22.7 Å². The molecule has 0 aromatic carbocycles. The van der Waals surface area contributed by atoms with E-state index in [0.717, 1.165) is 16.1 Å². The van der Waals surface area contributed by atoms with E-state index in [0.29, 0.717) is 23.3 Å². The van der Waals surface area contributed by atoms with Gasteiger partial charge in [0.1, 0.15) is 0 Å². The number of hydrogen-bond donors (Lipinski definition) is 1. The van der Waals surface area contributed by atoms with Gasteiger partial charge in [-0.1, -0.05) is 6.07 Å². The lowest BCUT2D eigenvalue weighted by Crippen LogP contribution is -2.12. The first-order chi connectivity index (χ1) is 12.3. The van der Waals surface area contributed by atoms with Crippen LogP contribution in [-0.4, -0.2) is 21.1 Å². The molecule has 0 atom stereocenters. The molecule has 4 heterocycles. The number of nitrogens with one attached hydrogen (secondary N) is 1. The van der Waals surface area contributed by atoms with Gasteiger partial charge in [0.15, 0.2) is 5.13 Å². The number of anilines is 1. The van der Waals surface area contributed by atoms with E-state index in [-0.39, 0.29) is 12.3 Å². The SMILES string of the molecule is O=C(CCc1nnc(-c2ccsc2)o1)Nc1nc(-c2cccs2)cs1. The molecule has 0 aliphatic heterocycles. The molecule has 1 amide bonds. The smallest absolute Gasteiger partial charge is 0.248 e. The van der Waals surface area contributed by atoms with Crippen LogP contribution in [0.3, 0.4) is 0 Å². The van der Waals surface area contributed by atoms with Crippen LogP contribution in [0.5, 0.6) is 0 Å². The summed E-state index contributed by atoms with van der Waals surface area (Å²) in [6.07, 6.45) is 0.658. The number of carbonyl (C=O) groups excluding carboxylic acids is 1. The molecule has 0 fully saturated rings. The van der Waals surface area contributed by atoms with Crippen molar-refractivity contribution in [3.05, 3.63) is 45.6 Å². The van der Waals surface area contributed by atoms with Crippen molar-refractivity contribution in [1.29, 1.82) is 0 Å². The second-order valence-electron chi connectivity index (χ2n) is 5.08. The molecular formula is C16H12N4O2S3. The summed E-state index contributed by atoms with van der Waals surface area (Å²) in [7, 11) is 0. The predicted molar refractivity (Wildman–Crippen MR) is 100.0 cm³/mol. The molecule has 4 aromatic heterocycles. The fourth-order valence-electron chi connectivity index (χ4n) is 2.13. The van der Waals surface area contributed by atoms with Gasteiger partial charge in [-0.15, -0.1) is 32.9 Å². The maximum Gasteiger partial charge on any atom is 0.248 e. The van der Waals surface area contributed by atoms with E-state index >= 15 is 0 Å². The highest BCUT2D eigenvalue weighted by Crippen LogP contribution is 2.28. The normalized spacial score (nSPS) is 10.9. The van der Waals surface area contributed by atoms with Crippen LogP contribution < -0.4 is 5.32 Å². The molecule has 4 rings (SSSR count). The van der Waals surface area contributed by atoms with Crippen molar-refractivity contribution in [3.63, 3.8) is 0 Å². The van der Waals surface area contributed by atoms with E-state index in [2.05, 4.69) is 20.5 Å². The second-order valence-corrected chi connectivity index (χ2v) is 7.66. The van der Waals surface area contributed by atoms with Crippen molar-refractivity contribution in [3.8, 4) is 22.0 Å².